The van der Waals surface area contributed by atoms with Crippen LogP contribution >= 0.6 is 12.2 Å². The van der Waals surface area contributed by atoms with Crippen LogP contribution in [0, 0.1) is 69.2 Å². The molecule has 28 heavy (non-hydrogen) atoms. The van der Waals surface area contributed by atoms with Gasteiger partial charge in [0, 0.05) is 11.3 Å². The Morgan fingerprint density at radius 1 is 0.607 bits per heavy atom. The Labute approximate surface area is 175 Å². The van der Waals surface area contributed by atoms with Crippen LogP contribution in [0.25, 0.3) is 0 Å². The Bertz CT molecular complexity index is 926. The van der Waals surface area contributed by atoms with Crippen molar-refractivity contribution in [2.75, 3.05) is 5.32 Å². The lowest BCUT2D eigenvalue weighted by atomic mass is 9.90. The SMILES string of the molecule is Cc1c(C)c(C)c(/C=N\NC(=S)Nc2c(C)c(C)c(C)c(C)c2C)c(C)c1C. The monoisotopic (exact) mass is 395 g/mol. The molecule has 0 spiro atoms. The quantitative estimate of drug-likeness (QED) is 0.375. The third-order valence-corrected chi connectivity index (χ3v) is 6.85. The molecule has 0 saturated heterocycles. The van der Waals surface area contributed by atoms with Gasteiger partial charge < -0.3 is 5.32 Å². The van der Waals surface area contributed by atoms with Gasteiger partial charge in [0.1, 0.15) is 0 Å². The molecule has 0 atom stereocenters. The largest absolute Gasteiger partial charge is 0.331 e. The molecule has 0 unspecified atom stereocenters. The summed E-state index contributed by atoms with van der Waals surface area (Å²) >= 11 is 5.49. The van der Waals surface area contributed by atoms with Crippen LogP contribution in [0.1, 0.15) is 61.2 Å². The predicted molar refractivity (Wildman–Crippen MR) is 127 cm³/mol. The van der Waals surface area contributed by atoms with Crippen molar-refractivity contribution in [2.45, 2.75) is 69.2 Å². The minimum Gasteiger partial charge on any atom is -0.331 e. The lowest BCUT2D eigenvalue weighted by Gasteiger charge is -2.20. The zero-order valence-corrected chi connectivity index (χ0v) is 19.7. The van der Waals surface area contributed by atoms with Gasteiger partial charge in [-0.25, -0.2) is 0 Å². The van der Waals surface area contributed by atoms with E-state index in [0.717, 1.165) is 11.3 Å². The zero-order chi connectivity index (χ0) is 21.3. The molecule has 2 aromatic rings. The third kappa shape index (κ3) is 3.97. The van der Waals surface area contributed by atoms with Gasteiger partial charge in [0.2, 0.25) is 0 Å². The van der Waals surface area contributed by atoms with Crippen molar-refractivity contribution in [3.8, 4) is 0 Å². The van der Waals surface area contributed by atoms with Crippen molar-refractivity contribution >= 4 is 29.2 Å². The molecular weight excluding hydrogens is 362 g/mol. The molecule has 2 aromatic carbocycles. The topological polar surface area (TPSA) is 36.4 Å². The number of nitrogens with one attached hydrogen (secondary N) is 2. The third-order valence-electron chi connectivity index (χ3n) is 6.66. The molecular formula is C24H33N3S. The maximum Gasteiger partial charge on any atom is 0.191 e. The van der Waals surface area contributed by atoms with Gasteiger partial charge in [0.05, 0.1) is 6.21 Å². The van der Waals surface area contributed by atoms with Crippen LogP contribution in [0.5, 0.6) is 0 Å². The molecule has 0 aromatic heterocycles. The summed E-state index contributed by atoms with van der Waals surface area (Å²) in [6.07, 6.45) is 1.88. The summed E-state index contributed by atoms with van der Waals surface area (Å²) in [5.74, 6) is 0. The lowest BCUT2D eigenvalue weighted by molar-refractivity contribution is 1.04. The molecule has 150 valence electrons. The Hall–Kier alpha value is -2.20. The van der Waals surface area contributed by atoms with E-state index in [2.05, 4.69) is 85.1 Å². The van der Waals surface area contributed by atoms with E-state index in [1.165, 1.54) is 55.6 Å². The molecule has 2 rings (SSSR count). The Morgan fingerprint density at radius 3 is 1.39 bits per heavy atom. The van der Waals surface area contributed by atoms with Crippen LogP contribution < -0.4 is 10.7 Å². The van der Waals surface area contributed by atoms with Gasteiger partial charge in [0.15, 0.2) is 5.11 Å². The van der Waals surface area contributed by atoms with E-state index >= 15 is 0 Å². The van der Waals surface area contributed by atoms with E-state index < -0.39 is 0 Å². The highest BCUT2D eigenvalue weighted by atomic mass is 32.1. The number of nitrogens with zero attached hydrogens (tertiary/aromatic N) is 1. The standard InChI is InChI=1S/C24H33N3S/c1-12-14(3)18(7)22(19(8)15(12)4)11-25-27-24(28)26-23-20(9)16(5)13(2)17(6)21(23)10/h11H,1-10H3,(H2,26,27,28)/b25-11-. The van der Waals surface area contributed by atoms with E-state index in [9.17, 15) is 0 Å². The van der Waals surface area contributed by atoms with Gasteiger partial charge in [-0.3, -0.25) is 5.43 Å². The first-order valence-electron chi connectivity index (χ1n) is 9.72. The second-order valence-electron chi connectivity index (χ2n) is 7.86. The van der Waals surface area contributed by atoms with Crippen molar-refractivity contribution in [1.29, 1.82) is 0 Å². The minimum absolute atomic E-state index is 0.501. The number of hydrazone groups is 1. The number of hydrogen-bond donors (Lipinski definition) is 2. The van der Waals surface area contributed by atoms with Crippen LogP contribution in [-0.2, 0) is 0 Å². The molecule has 0 saturated carbocycles. The fourth-order valence-corrected chi connectivity index (χ4v) is 3.86. The van der Waals surface area contributed by atoms with Crippen molar-refractivity contribution in [3.05, 3.63) is 61.2 Å². The number of anilines is 1. The molecule has 0 amide bonds. The number of hydrogen-bond acceptors (Lipinski definition) is 2. The molecule has 0 aliphatic carbocycles. The molecule has 0 radical (unpaired) electrons. The summed E-state index contributed by atoms with van der Waals surface area (Å²) < 4.78 is 0. The molecule has 0 bridgehead atoms. The number of rotatable bonds is 3. The average Bonchev–Trinajstić information content (AvgIpc) is 2.67. The van der Waals surface area contributed by atoms with Gasteiger partial charge in [-0.15, -0.1) is 0 Å². The van der Waals surface area contributed by atoms with Gasteiger partial charge in [-0.1, -0.05) is 0 Å². The number of benzene rings is 2. The summed E-state index contributed by atoms with van der Waals surface area (Å²) in [4.78, 5) is 0. The molecule has 3 nitrogen and oxygen atoms in total. The number of thiocarbonyl (C=S) groups is 1. The predicted octanol–water partition coefficient (Wildman–Crippen LogP) is 6.09. The molecule has 0 aliphatic rings. The first-order chi connectivity index (χ1) is 13.0. The highest BCUT2D eigenvalue weighted by Gasteiger charge is 2.13. The van der Waals surface area contributed by atoms with Crippen LogP contribution in [0.4, 0.5) is 5.69 Å². The summed E-state index contributed by atoms with van der Waals surface area (Å²) in [5, 5.41) is 8.26. The second kappa shape index (κ2) is 8.44. The molecule has 4 heteroatoms. The highest BCUT2D eigenvalue weighted by molar-refractivity contribution is 7.80. The van der Waals surface area contributed by atoms with E-state index in [-0.39, 0.29) is 0 Å². The summed E-state index contributed by atoms with van der Waals surface area (Å²) in [7, 11) is 0. The van der Waals surface area contributed by atoms with Crippen molar-refractivity contribution in [2.24, 2.45) is 5.10 Å². The van der Waals surface area contributed by atoms with Gasteiger partial charge in [-0.05, 0) is 137 Å². The summed E-state index contributed by atoms with van der Waals surface area (Å²) in [5.41, 5.74) is 18.1. The van der Waals surface area contributed by atoms with Crippen LogP contribution in [0.2, 0.25) is 0 Å². The zero-order valence-electron chi connectivity index (χ0n) is 18.9. The highest BCUT2D eigenvalue weighted by Crippen LogP contribution is 2.30. The van der Waals surface area contributed by atoms with Gasteiger partial charge >= 0.3 is 0 Å². The lowest BCUT2D eigenvalue weighted by Crippen LogP contribution is -2.25. The van der Waals surface area contributed by atoms with E-state index in [4.69, 9.17) is 12.2 Å². The average molecular weight is 396 g/mol. The van der Waals surface area contributed by atoms with Gasteiger partial charge in [-0.2, -0.15) is 5.10 Å². The molecule has 2 N–H and O–H groups in total. The van der Waals surface area contributed by atoms with Crippen molar-refractivity contribution in [3.63, 3.8) is 0 Å². The minimum atomic E-state index is 0.501. The molecule has 0 heterocycles. The van der Waals surface area contributed by atoms with E-state index in [0.29, 0.717) is 5.11 Å². The van der Waals surface area contributed by atoms with E-state index in [1.54, 1.807) is 0 Å². The Kier molecular flexibility index (Phi) is 6.66. The Morgan fingerprint density at radius 2 is 0.964 bits per heavy atom. The fourth-order valence-electron chi connectivity index (χ4n) is 3.71. The van der Waals surface area contributed by atoms with E-state index in [1.807, 2.05) is 6.21 Å². The first kappa shape index (κ1) is 22.1. The van der Waals surface area contributed by atoms with Crippen molar-refractivity contribution in [1.82, 2.24) is 5.43 Å². The first-order valence-corrected chi connectivity index (χ1v) is 10.1. The fraction of sp³-hybridized carbons (Fsp3) is 0.417. The van der Waals surface area contributed by atoms with Crippen LogP contribution in [0.15, 0.2) is 5.10 Å². The van der Waals surface area contributed by atoms with Crippen LogP contribution in [-0.4, -0.2) is 11.3 Å². The summed E-state index contributed by atoms with van der Waals surface area (Å²) in [6.45, 7) is 21.6. The normalized spacial score (nSPS) is 11.2. The van der Waals surface area contributed by atoms with Gasteiger partial charge in [0.25, 0.3) is 0 Å². The van der Waals surface area contributed by atoms with Crippen LogP contribution in [0.3, 0.4) is 0 Å². The Balaban J connectivity index is 2.24. The van der Waals surface area contributed by atoms with Crippen molar-refractivity contribution < 1.29 is 0 Å². The smallest absolute Gasteiger partial charge is 0.191 e. The molecule has 0 aliphatic heterocycles. The molecule has 0 fully saturated rings. The second-order valence-corrected chi connectivity index (χ2v) is 8.27. The summed E-state index contributed by atoms with van der Waals surface area (Å²) in [6, 6.07) is 0. The maximum absolute atomic E-state index is 5.49. The maximum atomic E-state index is 5.49.